The lowest BCUT2D eigenvalue weighted by Crippen LogP contribution is -2.53. The zero-order chi connectivity index (χ0) is 20.0. The molecule has 1 saturated heterocycles. The van der Waals surface area contributed by atoms with Crippen LogP contribution in [0.3, 0.4) is 0 Å². The van der Waals surface area contributed by atoms with E-state index in [2.05, 4.69) is 12.0 Å². The molecule has 1 aliphatic carbocycles. The summed E-state index contributed by atoms with van der Waals surface area (Å²) < 4.78 is 1.71. The lowest BCUT2D eigenvalue weighted by Gasteiger charge is -2.48. The van der Waals surface area contributed by atoms with Gasteiger partial charge in [0.2, 0.25) is 5.91 Å². The minimum atomic E-state index is 0.0634. The Morgan fingerprint density at radius 2 is 2.04 bits per heavy atom. The van der Waals surface area contributed by atoms with Crippen LogP contribution in [0.15, 0.2) is 12.1 Å². The molecule has 1 aliphatic heterocycles. The number of hydrogen-bond donors (Lipinski definition) is 0. The third-order valence-electron chi connectivity index (χ3n) is 6.84. The molecule has 28 heavy (non-hydrogen) atoms. The highest BCUT2D eigenvalue weighted by Gasteiger charge is 2.42. The van der Waals surface area contributed by atoms with Crippen LogP contribution in [0.1, 0.15) is 38.2 Å². The Morgan fingerprint density at radius 3 is 2.79 bits per heavy atom. The van der Waals surface area contributed by atoms with Gasteiger partial charge in [0, 0.05) is 36.0 Å². The Labute approximate surface area is 175 Å². The first-order valence-corrected chi connectivity index (χ1v) is 10.7. The van der Waals surface area contributed by atoms with E-state index in [9.17, 15) is 9.59 Å². The summed E-state index contributed by atoms with van der Waals surface area (Å²) in [6.45, 7) is 2.82. The molecule has 1 aromatic heterocycles. The van der Waals surface area contributed by atoms with Gasteiger partial charge in [-0.2, -0.15) is 5.10 Å². The number of fused-ring (bicyclic) bond motifs is 2. The van der Waals surface area contributed by atoms with E-state index in [4.69, 9.17) is 23.2 Å². The highest BCUT2D eigenvalue weighted by Crippen LogP contribution is 2.43. The second-order valence-corrected chi connectivity index (χ2v) is 8.95. The first kappa shape index (κ1) is 19.7. The third-order valence-corrected chi connectivity index (χ3v) is 7.46. The van der Waals surface area contributed by atoms with Crippen LogP contribution in [0, 0.1) is 17.8 Å². The summed E-state index contributed by atoms with van der Waals surface area (Å²) in [6.07, 6.45) is 5.38. The summed E-state index contributed by atoms with van der Waals surface area (Å²) in [6, 6.07) is 3.81. The number of carbonyl (C=O) groups excluding carboxylic acids is 2. The van der Waals surface area contributed by atoms with Crippen molar-refractivity contribution in [3.63, 3.8) is 0 Å². The van der Waals surface area contributed by atoms with Crippen molar-refractivity contribution in [2.24, 2.45) is 24.8 Å². The molecule has 0 spiro atoms. The van der Waals surface area contributed by atoms with Gasteiger partial charge >= 0.3 is 0 Å². The maximum Gasteiger partial charge on any atom is 0.227 e. The number of hydrogen-bond acceptors (Lipinski definition) is 3. The van der Waals surface area contributed by atoms with Crippen LogP contribution >= 0.6 is 23.2 Å². The molecule has 2 heterocycles. The van der Waals surface area contributed by atoms with Crippen molar-refractivity contribution in [1.82, 2.24) is 14.7 Å². The Morgan fingerprint density at radius 1 is 1.25 bits per heavy atom. The first-order valence-electron chi connectivity index (χ1n) is 9.96. The summed E-state index contributed by atoms with van der Waals surface area (Å²) in [5.41, 5.74) is 1.61. The van der Waals surface area contributed by atoms with Crippen LogP contribution in [-0.2, 0) is 23.1 Å². The molecule has 2 fully saturated rings. The number of aldehydes is 1. The molecular formula is C21H25Cl2N3O2. The Hall–Kier alpha value is -1.59. The maximum atomic E-state index is 13.2. The number of rotatable bonds is 3. The smallest absolute Gasteiger partial charge is 0.227 e. The van der Waals surface area contributed by atoms with Crippen molar-refractivity contribution < 1.29 is 9.59 Å². The standard InChI is InChI=1S/C21H25Cl2N3O2/c1-12-14-5-3-4-13(11-27)15(14)8-9-26(12)19(28)10-16-17(22)6-7-18-20(16)21(23)24-25(18)2/h6-7,11-15H,3-5,8-10H2,1-2H3/t12-,13?,14+,15-/m0/s1. The Bertz CT molecular complexity index is 926. The van der Waals surface area contributed by atoms with Crippen LogP contribution in [0.4, 0.5) is 0 Å². The number of amides is 1. The van der Waals surface area contributed by atoms with Gasteiger partial charge in [0.15, 0.2) is 5.15 Å². The zero-order valence-corrected chi connectivity index (χ0v) is 17.7. The lowest BCUT2D eigenvalue weighted by molar-refractivity contribution is -0.138. The summed E-state index contributed by atoms with van der Waals surface area (Å²) in [5, 5.41) is 5.93. The van der Waals surface area contributed by atoms with E-state index >= 15 is 0 Å². The highest BCUT2D eigenvalue weighted by molar-refractivity contribution is 6.37. The van der Waals surface area contributed by atoms with Gasteiger partial charge in [0.25, 0.3) is 0 Å². The summed E-state index contributed by atoms with van der Waals surface area (Å²) in [4.78, 5) is 26.7. The molecule has 1 amide bonds. The van der Waals surface area contributed by atoms with Crippen LogP contribution in [0.5, 0.6) is 0 Å². The fraction of sp³-hybridized carbons (Fsp3) is 0.571. The quantitative estimate of drug-likeness (QED) is 0.694. The first-order chi connectivity index (χ1) is 13.4. The molecule has 4 rings (SSSR count). The number of nitrogens with zero attached hydrogens (tertiary/aromatic N) is 3. The normalized spacial score (nSPS) is 27.6. The van der Waals surface area contributed by atoms with Gasteiger partial charge in [0.1, 0.15) is 6.29 Å². The van der Waals surface area contributed by atoms with Gasteiger partial charge in [-0.3, -0.25) is 9.48 Å². The third kappa shape index (κ3) is 3.22. The fourth-order valence-electron chi connectivity index (χ4n) is 5.38. The Kier molecular flexibility index (Phi) is 5.41. The van der Waals surface area contributed by atoms with Crippen LogP contribution in [0.25, 0.3) is 10.9 Å². The van der Waals surface area contributed by atoms with Gasteiger partial charge < -0.3 is 9.69 Å². The van der Waals surface area contributed by atoms with Crippen molar-refractivity contribution in [3.05, 3.63) is 27.9 Å². The summed E-state index contributed by atoms with van der Waals surface area (Å²) >= 11 is 12.8. The van der Waals surface area contributed by atoms with Gasteiger partial charge in [0.05, 0.1) is 11.9 Å². The van der Waals surface area contributed by atoms with Crippen molar-refractivity contribution >= 4 is 46.3 Å². The molecule has 2 aliphatic rings. The molecule has 0 N–H and O–H groups in total. The van der Waals surface area contributed by atoms with Gasteiger partial charge in [-0.25, -0.2) is 0 Å². The minimum absolute atomic E-state index is 0.0634. The summed E-state index contributed by atoms with van der Waals surface area (Å²) in [7, 11) is 1.83. The average molecular weight is 422 g/mol. The van der Waals surface area contributed by atoms with Gasteiger partial charge in [-0.15, -0.1) is 0 Å². The maximum absolute atomic E-state index is 13.2. The highest BCUT2D eigenvalue weighted by atomic mass is 35.5. The minimum Gasteiger partial charge on any atom is -0.339 e. The number of piperidine rings is 1. The number of carbonyl (C=O) groups is 2. The molecule has 4 atom stereocenters. The van der Waals surface area contributed by atoms with E-state index < -0.39 is 0 Å². The van der Waals surface area contributed by atoms with Crippen molar-refractivity contribution in [3.8, 4) is 0 Å². The monoisotopic (exact) mass is 421 g/mol. The summed E-state index contributed by atoms with van der Waals surface area (Å²) in [5.74, 6) is 1.02. The fourth-order valence-corrected chi connectivity index (χ4v) is 5.93. The molecule has 0 radical (unpaired) electrons. The SMILES string of the molecule is C[C@H]1[C@H]2CCCC(C=O)[C@@H]2CCN1C(=O)Cc1c(Cl)ccc2c1c(Cl)nn2C. The number of benzene rings is 1. The van der Waals surface area contributed by atoms with Crippen LogP contribution < -0.4 is 0 Å². The molecule has 7 heteroatoms. The van der Waals surface area contributed by atoms with Gasteiger partial charge in [-0.1, -0.05) is 29.6 Å². The van der Waals surface area contributed by atoms with Crippen LogP contribution in [-0.4, -0.2) is 39.5 Å². The van der Waals surface area contributed by atoms with E-state index in [-0.39, 0.29) is 24.3 Å². The van der Waals surface area contributed by atoms with E-state index in [1.54, 1.807) is 10.7 Å². The van der Waals surface area contributed by atoms with Crippen LogP contribution in [0.2, 0.25) is 10.2 Å². The average Bonchev–Trinajstić information content (AvgIpc) is 2.97. The van der Waals surface area contributed by atoms with Gasteiger partial charge in [-0.05, 0) is 55.7 Å². The van der Waals surface area contributed by atoms with E-state index in [0.717, 1.165) is 48.4 Å². The lowest BCUT2D eigenvalue weighted by atomic mass is 9.66. The van der Waals surface area contributed by atoms with E-state index in [1.165, 1.54) is 0 Å². The van der Waals surface area contributed by atoms with E-state index in [0.29, 0.717) is 28.6 Å². The van der Waals surface area contributed by atoms with Crippen molar-refractivity contribution in [2.75, 3.05) is 6.54 Å². The number of likely N-dealkylation sites (tertiary alicyclic amines) is 1. The number of aromatic nitrogens is 2. The second kappa shape index (κ2) is 7.68. The second-order valence-electron chi connectivity index (χ2n) is 8.19. The molecular weight excluding hydrogens is 397 g/mol. The zero-order valence-electron chi connectivity index (χ0n) is 16.2. The largest absolute Gasteiger partial charge is 0.339 e. The predicted molar refractivity (Wildman–Crippen MR) is 111 cm³/mol. The topological polar surface area (TPSA) is 55.2 Å². The molecule has 1 saturated carbocycles. The predicted octanol–water partition coefficient (Wildman–Crippen LogP) is 4.27. The number of halogens is 2. The molecule has 1 aromatic carbocycles. The Balaban J connectivity index is 1.59. The van der Waals surface area contributed by atoms with E-state index in [1.807, 2.05) is 18.0 Å². The molecule has 5 nitrogen and oxygen atoms in total. The van der Waals surface area contributed by atoms with Crippen molar-refractivity contribution in [1.29, 1.82) is 0 Å². The molecule has 1 unspecified atom stereocenters. The molecule has 150 valence electrons. The van der Waals surface area contributed by atoms with Crippen molar-refractivity contribution in [2.45, 2.75) is 45.1 Å². The number of aryl methyl sites for hydroxylation is 1. The molecule has 2 aromatic rings. The molecule has 0 bridgehead atoms.